The van der Waals surface area contributed by atoms with Gasteiger partial charge in [0.25, 0.3) is 0 Å². The number of hydrogen-bond donors (Lipinski definition) is 0. The van der Waals surface area contributed by atoms with Crippen molar-refractivity contribution in [2.24, 2.45) is 23.2 Å². The Bertz CT molecular complexity index is 304. The lowest BCUT2D eigenvalue weighted by molar-refractivity contribution is -0.0393. The molecule has 0 spiro atoms. The van der Waals surface area contributed by atoms with Crippen molar-refractivity contribution in [2.45, 2.75) is 66.2 Å². The zero-order valence-electron chi connectivity index (χ0n) is 13.5. The van der Waals surface area contributed by atoms with Gasteiger partial charge in [0.05, 0.1) is 7.14 Å². The van der Waals surface area contributed by atoms with Crippen LogP contribution in [0.2, 0.25) is 0 Å². The minimum atomic E-state index is -1.83. The standard InChI is InChI=1S/C15H27OP.C2H6/c1-3-17(16,4-2)11-15-8-12-5-13(9-15)7-14(6-12)10-15;1-2/h12-14H,3-11H2,1-2H3;1-2H3. The van der Waals surface area contributed by atoms with Crippen molar-refractivity contribution in [3.63, 3.8) is 0 Å². The van der Waals surface area contributed by atoms with Crippen LogP contribution in [-0.4, -0.2) is 18.5 Å². The number of rotatable bonds is 4. The third-order valence-corrected chi connectivity index (χ3v) is 9.49. The molecule has 4 rings (SSSR count). The molecule has 0 radical (unpaired) electrons. The Morgan fingerprint density at radius 3 is 1.58 bits per heavy atom. The van der Waals surface area contributed by atoms with Gasteiger partial charge in [-0.2, -0.15) is 0 Å². The van der Waals surface area contributed by atoms with Gasteiger partial charge in [0.15, 0.2) is 0 Å². The van der Waals surface area contributed by atoms with Gasteiger partial charge in [-0.3, -0.25) is 0 Å². The highest BCUT2D eigenvalue weighted by molar-refractivity contribution is 7.63. The average Bonchev–Trinajstić information content (AvgIpc) is 2.39. The second-order valence-electron chi connectivity index (χ2n) is 7.27. The molecule has 4 aliphatic rings. The van der Waals surface area contributed by atoms with E-state index < -0.39 is 7.14 Å². The topological polar surface area (TPSA) is 17.1 Å². The molecule has 1 nitrogen and oxygen atoms in total. The predicted molar refractivity (Wildman–Crippen MR) is 85.5 cm³/mol. The Balaban J connectivity index is 0.000000637. The van der Waals surface area contributed by atoms with E-state index in [4.69, 9.17) is 0 Å². The molecule has 0 aromatic rings. The van der Waals surface area contributed by atoms with Crippen LogP contribution in [0.5, 0.6) is 0 Å². The van der Waals surface area contributed by atoms with E-state index in [1.165, 1.54) is 38.5 Å². The van der Waals surface area contributed by atoms with E-state index in [1.54, 1.807) is 0 Å². The van der Waals surface area contributed by atoms with E-state index in [1.807, 2.05) is 13.8 Å². The molecule has 112 valence electrons. The second kappa shape index (κ2) is 5.92. The van der Waals surface area contributed by atoms with Crippen molar-refractivity contribution < 1.29 is 4.57 Å². The summed E-state index contributed by atoms with van der Waals surface area (Å²) >= 11 is 0. The molecule has 4 aliphatic carbocycles. The third kappa shape index (κ3) is 3.12. The lowest BCUT2D eigenvalue weighted by Crippen LogP contribution is -2.47. The summed E-state index contributed by atoms with van der Waals surface area (Å²) in [6.07, 6.45) is 11.7. The molecule has 0 N–H and O–H groups in total. The lowest BCUT2D eigenvalue weighted by atomic mass is 9.50. The molecular weight excluding hydrogens is 251 g/mol. The van der Waals surface area contributed by atoms with Gasteiger partial charge in [0.1, 0.15) is 0 Å². The molecule has 0 aliphatic heterocycles. The van der Waals surface area contributed by atoms with Crippen LogP contribution in [0.4, 0.5) is 0 Å². The first kappa shape index (κ1) is 15.6. The van der Waals surface area contributed by atoms with Crippen LogP contribution in [0.1, 0.15) is 66.2 Å². The first-order valence-electron chi connectivity index (χ1n) is 8.63. The minimum Gasteiger partial charge on any atom is -0.324 e. The fourth-order valence-corrected chi connectivity index (χ4v) is 8.05. The molecule has 0 amide bonds. The first-order chi connectivity index (χ1) is 9.06. The van der Waals surface area contributed by atoms with E-state index >= 15 is 0 Å². The summed E-state index contributed by atoms with van der Waals surface area (Å²) in [5, 5.41) is 0. The van der Waals surface area contributed by atoms with E-state index in [0.29, 0.717) is 5.41 Å². The van der Waals surface area contributed by atoms with Crippen molar-refractivity contribution in [1.82, 2.24) is 0 Å². The highest BCUT2D eigenvalue weighted by atomic mass is 31.2. The fourth-order valence-electron chi connectivity index (χ4n) is 5.54. The third-order valence-electron chi connectivity index (χ3n) is 5.94. The van der Waals surface area contributed by atoms with E-state index in [2.05, 4.69) is 13.8 Å². The van der Waals surface area contributed by atoms with Crippen molar-refractivity contribution in [3.8, 4) is 0 Å². The summed E-state index contributed by atoms with van der Waals surface area (Å²) in [6.45, 7) is 8.29. The van der Waals surface area contributed by atoms with Gasteiger partial charge < -0.3 is 4.57 Å². The lowest BCUT2D eigenvalue weighted by Gasteiger charge is -2.57. The Kier molecular flexibility index (Phi) is 4.87. The summed E-state index contributed by atoms with van der Waals surface area (Å²) in [5.41, 5.74) is 0.524. The van der Waals surface area contributed by atoms with Gasteiger partial charge in [0, 0.05) is 6.16 Å². The summed E-state index contributed by atoms with van der Waals surface area (Å²) in [4.78, 5) is 0. The summed E-state index contributed by atoms with van der Waals surface area (Å²) in [7, 11) is -1.83. The molecule has 0 heterocycles. The van der Waals surface area contributed by atoms with Gasteiger partial charge in [0.2, 0.25) is 0 Å². The molecule has 0 atom stereocenters. The Morgan fingerprint density at radius 1 is 0.895 bits per heavy atom. The highest BCUT2D eigenvalue weighted by Gasteiger charge is 2.52. The monoisotopic (exact) mass is 284 g/mol. The van der Waals surface area contributed by atoms with Crippen LogP contribution in [-0.2, 0) is 4.57 Å². The maximum absolute atomic E-state index is 12.8. The second-order valence-corrected chi connectivity index (χ2v) is 11.0. The van der Waals surface area contributed by atoms with Crippen molar-refractivity contribution in [1.29, 1.82) is 0 Å². The van der Waals surface area contributed by atoms with Crippen LogP contribution in [0.3, 0.4) is 0 Å². The van der Waals surface area contributed by atoms with Crippen LogP contribution in [0.15, 0.2) is 0 Å². The van der Waals surface area contributed by atoms with E-state index in [-0.39, 0.29) is 0 Å². The van der Waals surface area contributed by atoms with Gasteiger partial charge in [-0.15, -0.1) is 0 Å². The average molecular weight is 284 g/mol. The Morgan fingerprint density at radius 2 is 1.26 bits per heavy atom. The van der Waals surface area contributed by atoms with Crippen LogP contribution in [0.25, 0.3) is 0 Å². The number of hydrogen-bond acceptors (Lipinski definition) is 1. The van der Waals surface area contributed by atoms with Gasteiger partial charge in [-0.25, -0.2) is 0 Å². The summed E-state index contributed by atoms with van der Waals surface area (Å²) in [5.74, 6) is 3.01. The molecule has 0 saturated heterocycles. The molecule has 0 aromatic carbocycles. The van der Waals surface area contributed by atoms with Crippen molar-refractivity contribution in [2.75, 3.05) is 18.5 Å². The van der Waals surface area contributed by atoms with Crippen LogP contribution < -0.4 is 0 Å². The Hall–Kier alpha value is 0.230. The Labute approximate surface area is 120 Å². The van der Waals surface area contributed by atoms with Crippen LogP contribution >= 0.6 is 7.14 Å². The minimum absolute atomic E-state index is 0.524. The normalized spacial score (nSPS) is 39.9. The largest absolute Gasteiger partial charge is 0.324 e. The highest BCUT2D eigenvalue weighted by Crippen LogP contribution is 2.64. The molecule has 4 fully saturated rings. The molecule has 4 bridgehead atoms. The molecule has 19 heavy (non-hydrogen) atoms. The molecule has 0 unspecified atom stereocenters. The fraction of sp³-hybridized carbons (Fsp3) is 1.00. The zero-order chi connectivity index (χ0) is 14.1. The van der Waals surface area contributed by atoms with Crippen LogP contribution in [0, 0.1) is 23.2 Å². The maximum atomic E-state index is 12.8. The van der Waals surface area contributed by atoms with Crippen molar-refractivity contribution in [3.05, 3.63) is 0 Å². The van der Waals surface area contributed by atoms with E-state index in [0.717, 1.165) is 36.2 Å². The quantitative estimate of drug-likeness (QED) is 0.611. The molecule has 0 aromatic heterocycles. The van der Waals surface area contributed by atoms with Gasteiger partial charge in [-0.1, -0.05) is 27.7 Å². The SMILES string of the molecule is CC.CCP(=O)(CC)CC12CC3CC(CC(C3)C1)C2. The predicted octanol–water partition coefficient (Wildman–Crippen LogP) is 5.63. The zero-order valence-corrected chi connectivity index (χ0v) is 14.3. The first-order valence-corrected chi connectivity index (χ1v) is 10.9. The van der Waals surface area contributed by atoms with E-state index in [9.17, 15) is 4.57 Å². The summed E-state index contributed by atoms with van der Waals surface area (Å²) < 4.78 is 12.8. The maximum Gasteiger partial charge on any atom is 0.0877 e. The smallest absolute Gasteiger partial charge is 0.0877 e. The molecular formula is C17H33OP. The molecule has 2 heteroatoms. The summed E-state index contributed by atoms with van der Waals surface area (Å²) in [6, 6.07) is 0. The van der Waals surface area contributed by atoms with Crippen molar-refractivity contribution >= 4 is 7.14 Å². The molecule has 4 saturated carbocycles. The van der Waals surface area contributed by atoms with Gasteiger partial charge in [-0.05, 0) is 74.0 Å². The van der Waals surface area contributed by atoms with Gasteiger partial charge >= 0.3 is 0 Å².